The second kappa shape index (κ2) is 5.43. The quantitative estimate of drug-likeness (QED) is 0.764. The lowest BCUT2D eigenvalue weighted by Crippen LogP contribution is -2.15. The molecule has 0 amide bonds. The van der Waals surface area contributed by atoms with E-state index in [4.69, 9.17) is 5.11 Å². The van der Waals surface area contributed by atoms with Crippen molar-refractivity contribution in [2.24, 2.45) is 5.92 Å². The van der Waals surface area contributed by atoms with Gasteiger partial charge in [0.1, 0.15) is 6.67 Å². The van der Waals surface area contributed by atoms with Gasteiger partial charge in [-0.05, 0) is 6.42 Å². The second-order valence-corrected chi connectivity index (χ2v) is 3.31. The van der Waals surface area contributed by atoms with Crippen LogP contribution < -0.4 is 0 Å². The fourth-order valence-electron chi connectivity index (χ4n) is 1.29. The average Bonchev–Trinajstić information content (AvgIpc) is 2.62. The van der Waals surface area contributed by atoms with Gasteiger partial charge in [0, 0.05) is 12.6 Å². The molecule has 1 heterocycles. The highest BCUT2D eigenvalue weighted by Crippen LogP contribution is 2.10. The van der Waals surface area contributed by atoms with Crippen molar-refractivity contribution < 1.29 is 14.3 Å². The van der Waals surface area contributed by atoms with Gasteiger partial charge < -0.3 is 5.11 Å². The van der Waals surface area contributed by atoms with Gasteiger partial charge in [-0.25, -0.2) is 9.07 Å². The average molecular weight is 214 g/mol. The molecule has 15 heavy (non-hydrogen) atoms. The first kappa shape index (κ1) is 11.6. The summed E-state index contributed by atoms with van der Waals surface area (Å²) in [5.41, 5.74) is 0.595. The Hall–Kier alpha value is -1.46. The lowest BCUT2D eigenvalue weighted by atomic mass is 10.0. The van der Waals surface area contributed by atoms with Gasteiger partial charge in [-0.1, -0.05) is 12.1 Å². The Morgan fingerprint density at radius 3 is 3.00 bits per heavy atom. The number of hydrogen-bond acceptors (Lipinski definition) is 3. The van der Waals surface area contributed by atoms with Crippen LogP contribution in [-0.2, 0) is 17.8 Å². The molecule has 0 radical (unpaired) electrons. The predicted molar refractivity (Wildman–Crippen MR) is 51.1 cm³/mol. The molecule has 1 aromatic rings. The van der Waals surface area contributed by atoms with E-state index in [0.29, 0.717) is 18.5 Å². The predicted octanol–water partition coefficient (Wildman–Crippen LogP) is 0.901. The highest BCUT2D eigenvalue weighted by atomic mass is 18.2. The first-order valence-corrected chi connectivity index (χ1v) is 4.85. The molecule has 6 heteroatoms. The molecule has 0 bridgehead atoms. The van der Waals surface area contributed by atoms with Crippen molar-refractivity contribution in [3.63, 3.8) is 0 Å². The highest BCUT2D eigenvalue weighted by Gasteiger charge is 2.17. The van der Waals surface area contributed by atoms with Gasteiger partial charge in [-0.3, -0.25) is 4.79 Å². The van der Waals surface area contributed by atoms with Gasteiger partial charge in [-0.15, -0.1) is 5.10 Å². The molecule has 0 saturated heterocycles. The molecule has 0 unspecified atom stereocenters. The zero-order valence-corrected chi connectivity index (χ0v) is 8.56. The minimum absolute atomic E-state index is 0.164. The van der Waals surface area contributed by atoms with E-state index in [1.807, 2.05) is 6.92 Å². The Balaban J connectivity index is 2.59. The van der Waals surface area contributed by atoms with Crippen molar-refractivity contribution in [3.05, 3.63) is 11.9 Å². The summed E-state index contributed by atoms with van der Waals surface area (Å²) in [6, 6.07) is 0. The maximum Gasteiger partial charge on any atom is 0.306 e. The van der Waals surface area contributed by atoms with Crippen LogP contribution in [0.2, 0.25) is 0 Å². The smallest absolute Gasteiger partial charge is 0.306 e. The van der Waals surface area contributed by atoms with Crippen LogP contribution in [0.1, 0.15) is 19.0 Å². The topological polar surface area (TPSA) is 68.0 Å². The van der Waals surface area contributed by atoms with Gasteiger partial charge in [-0.2, -0.15) is 0 Å². The third-order valence-electron chi connectivity index (χ3n) is 2.20. The number of hydrogen-bond donors (Lipinski definition) is 1. The van der Waals surface area contributed by atoms with Gasteiger partial charge in [0.05, 0.1) is 18.2 Å². The Bertz CT molecular complexity index is 327. The number of alkyl halides is 1. The highest BCUT2D eigenvalue weighted by molar-refractivity contribution is 5.70. The maximum absolute atomic E-state index is 12.0. The summed E-state index contributed by atoms with van der Waals surface area (Å²) in [6.07, 6.45) is 2.48. The van der Waals surface area contributed by atoms with Crippen LogP contribution >= 0.6 is 0 Å². The van der Waals surface area contributed by atoms with Crippen molar-refractivity contribution >= 4 is 5.97 Å². The molecule has 0 aliphatic carbocycles. The Labute approximate surface area is 86.9 Å². The first-order valence-electron chi connectivity index (χ1n) is 4.85. The summed E-state index contributed by atoms with van der Waals surface area (Å²) >= 11 is 0. The van der Waals surface area contributed by atoms with Crippen LogP contribution in [0.3, 0.4) is 0 Å². The maximum atomic E-state index is 12.0. The third kappa shape index (κ3) is 3.30. The number of halogens is 1. The van der Waals surface area contributed by atoms with Crippen LogP contribution in [0, 0.1) is 5.92 Å². The lowest BCUT2D eigenvalue weighted by molar-refractivity contribution is -0.141. The summed E-state index contributed by atoms with van der Waals surface area (Å²) in [4.78, 5) is 10.8. The van der Waals surface area contributed by atoms with Crippen LogP contribution in [0.15, 0.2) is 6.20 Å². The number of nitrogens with zero attached hydrogens (tertiary/aromatic N) is 3. The van der Waals surface area contributed by atoms with Crippen molar-refractivity contribution in [3.8, 4) is 0 Å². The van der Waals surface area contributed by atoms with Crippen molar-refractivity contribution in [1.82, 2.24) is 15.0 Å². The van der Waals surface area contributed by atoms with Crippen LogP contribution in [-0.4, -0.2) is 32.7 Å². The van der Waals surface area contributed by atoms with Crippen molar-refractivity contribution in [2.45, 2.75) is 26.3 Å². The molecular formula is C9H14FN3O2. The van der Waals surface area contributed by atoms with E-state index >= 15 is 0 Å². The van der Waals surface area contributed by atoms with Crippen LogP contribution in [0.4, 0.5) is 4.39 Å². The minimum atomic E-state index is -0.836. The third-order valence-corrected chi connectivity index (χ3v) is 2.20. The van der Waals surface area contributed by atoms with E-state index in [0.717, 1.165) is 0 Å². The SMILES string of the molecule is CC[C@@H](Cc1cn(CC[18F])nn1)C(=O)O. The second-order valence-electron chi connectivity index (χ2n) is 3.31. The van der Waals surface area contributed by atoms with E-state index in [9.17, 15) is 9.18 Å². The molecular weight excluding hydrogens is 200 g/mol. The van der Waals surface area contributed by atoms with E-state index in [-0.39, 0.29) is 6.54 Å². The van der Waals surface area contributed by atoms with E-state index in [2.05, 4.69) is 10.3 Å². The number of carboxylic acid groups (broad SMARTS) is 1. The first-order chi connectivity index (χ1) is 7.17. The molecule has 5 nitrogen and oxygen atoms in total. The van der Waals surface area contributed by atoms with Crippen LogP contribution in [0.25, 0.3) is 0 Å². The molecule has 0 spiro atoms. The Kier molecular flexibility index (Phi) is 4.20. The molecule has 0 aromatic carbocycles. The summed E-state index contributed by atoms with van der Waals surface area (Å²) in [6.45, 7) is 1.47. The molecule has 1 atom stereocenters. The fraction of sp³-hybridized carbons (Fsp3) is 0.667. The molecule has 0 aliphatic heterocycles. The number of aliphatic carboxylic acids is 1. The molecule has 1 rings (SSSR count). The summed E-state index contributed by atoms with van der Waals surface area (Å²) < 4.78 is 13.3. The van der Waals surface area contributed by atoms with Gasteiger partial charge >= 0.3 is 5.97 Å². The van der Waals surface area contributed by atoms with Gasteiger partial charge in [0.2, 0.25) is 0 Å². The normalized spacial score (nSPS) is 12.7. The summed E-state index contributed by atoms with van der Waals surface area (Å²) in [7, 11) is 0. The van der Waals surface area contributed by atoms with E-state index in [1.54, 1.807) is 6.20 Å². The number of carboxylic acids is 1. The molecule has 84 valence electrons. The summed E-state index contributed by atoms with van der Waals surface area (Å²) in [5.74, 6) is -1.28. The van der Waals surface area contributed by atoms with Crippen LogP contribution in [0.5, 0.6) is 0 Å². The minimum Gasteiger partial charge on any atom is -0.481 e. The number of aromatic nitrogens is 3. The Morgan fingerprint density at radius 2 is 2.47 bits per heavy atom. The molecule has 0 fully saturated rings. The number of rotatable bonds is 6. The zero-order chi connectivity index (χ0) is 11.3. The van der Waals surface area contributed by atoms with Gasteiger partial charge in [0.15, 0.2) is 0 Å². The fourth-order valence-corrected chi connectivity index (χ4v) is 1.29. The van der Waals surface area contributed by atoms with Crippen molar-refractivity contribution in [2.75, 3.05) is 6.67 Å². The van der Waals surface area contributed by atoms with Gasteiger partial charge in [0.25, 0.3) is 0 Å². The molecule has 0 aliphatic rings. The standard InChI is InChI=1S/C9H14FN3O2/c1-2-7(9(14)15)5-8-6-13(4-3-10)12-11-8/h6-7H,2-5H2,1H3,(H,14,15)/t7-/m0/s1/i10-1. The van der Waals surface area contributed by atoms with Crippen molar-refractivity contribution in [1.29, 1.82) is 0 Å². The number of aryl methyl sites for hydroxylation is 1. The molecule has 1 aromatic heterocycles. The Morgan fingerprint density at radius 1 is 1.73 bits per heavy atom. The van der Waals surface area contributed by atoms with E-state index < -0.39 is 18.6 Å². The lowest BCUT2D eigenvalue weighted by Gasteiger charge is -2.05. The molecule has 0 saturated carbocycles. The monoisotopic (exact) mass is 214 g/mol. The zero-order valence-electron chi connectivity index (χ0n) is 8.56. The largest absolute Gasteiger partial charge is 0.481 e. The number of carbonyl (C=O) groups is 1. The summed E-state index contributed by atoms with van der Waals surface area (Å²) in [5, 5.41) is 16.3. The van der Waals surface area contributed by atoms with E-state index in [1.165, 1.54) is 4.68 Å². The molecule has 1 N–H and O–H groups in total.